The van der Waals surface area contributed by atoms with Gasteiger partial charge in [-0.3, -0.25) is 0 Å². The van der Waals surface area contributed by atoms with Gasteiger partial charge in [0.05, 0.1) is 11.1 Å². The van der Waals surface area contributed by atoms with Gasteiger partial charge in [-0.15, -0.1) is 0 Å². The summed E-state index contributed by atoms with van der Waals surface area (Å²) in [5, 5.41) is 0. The highest BCUT2D eigenvalue weighted by molar-refractivity contribution is 9.10. The van der Waals surface area contributed by atoms with Gasteiger partial charge < -0.3 is 15.2 Å². The smallest absolute Gasteiger partial charge is 0.236 e. The summed E-state index contributed by atoms with van der Waals surface area (Å²) in [5.74, 6) is 1.69. The van der Waals surface area contributed by atoms with Gasteiger partial charge in [0, 0.05) is 12.7 Å². The number of hydrogen-bond acceptors (Lipinski definition) is 5. The van der Waals surface area contributed by atoms with Gasteiger partial charge in [0.25, 0.3) is 0 Å². The highest BCUT2D eigenvalue weighted by Gasteiger charge is 2.10. The van der Waals surface area contributed by atoms with Crippen molar-refractivity contribution in [3.63, 3.8) is 0 Å². The molecule has 0 saturated heterocycles. The van der Waals surface area contributed by atoms with Gasteiger partial charge in [0.1, 0.15) is 6.33 Å². The van der Waals surface area contributed by atoms with Crippen LogP contribution in [0.1, 0.15) is 12.5 Å². The maximum absolute atomic E-state index is 5.73. The zero-order chi connectivity index (χ0) is 13.7. The standard InChI is InChI=1S/C13H14BrN3O2/c1-2-18-12-5-9(6-15)3-4-11(12)19-13-10(14)7-16-8-17-13/h3-5,7-8H,2,6,15H2,1H3. The first-order chi connectivity index (χ1) is 9.24. The van der Waals surface area contributed by atoms with E-state index in [0.717, 1.165) is 5.56 Å². The third-order valence-corrected chi connectivity index (χ3v) is 2.93. The molecular weight excluding hydrogens is 310 g/mol. The largest absolute Gasteiger partial charge is 0.490 e. The van der Waals surface area contributed by atoms with Crippen LogP contribution < -0.4 is 15.2 Å². The van der Waals surface area contributed by atoms with Gasteiger partial charge in [-0.25, -0.2) is 9.97 Å². The first kappa shape index (κ1) is 13.8. The van der Waals surface area contributed by atoms with Crippen LogP contribution in [0.4, 0.5) is 0 Å². The molecule has 0 aliphatic heterocycles. The Hall–Kier alpha value is -1.66. The quantitative estimate of drug-likeness (QED) is 0.916. The van der Waals surface area contributed by atoms with Crippen LogP contribution in [0.25, 0.3) is 0 Å². The van der Waals surface area contributed by atoms with Crippen LogP contribution in [0, 0.1) is 0 Å². The normalized spacial score (nSPS) is 10.3. The molecule has 0 bridgehead atoms. The summed E-state index contributed by atoms with van der Waals surface area (Å²) in [6, 6.07) is 5.59. The molecule has 6 heteroatoms. The monoisotopic (exact) mass is 323 g/mol. The fourth-order valence-corrected chi connectivity index (χ4v) is 1.81. The van der Waals surface area contributed by atoms with Gasteiger partial charge in [-0.05, 0) is 40.5 Å². The fourth-order valence-electron chi connectivity index (χ4n) is 1.51. The predicted molar refractivity (Wildman–Crippen MR) is 75.3 cm³/mol. The Morgan fingerprint density at radius 1 is 1.32 bits per heavy atom. The molecule has 0 spiro atoms. The summed E-state index contributed by atoms with van der Waals surface area (Å²) in [5.41, 5.74) is 6.60. The van der Waals surface area contributed by atoms with Crippen molar-refractivity contribution >= 4 is 15.9 Å². The van der Waals surface area contributed by atoms with Crippen LogP contribution in [-0.4, -0.2) is 16.6 Å². The molecule has 2 N–H and O–H groups in total. The van der Waals surface area contributed by atoms with Gasteiger partial charge >= 0.3 is 0 Å². The van der Waals surface area contributed by atoms with Crippen molar-refractivity contribution in [1.29, 1.82) is 0 Å². The number of halogens is 1. The van der Waals surface area contributed by atoms with Crippen molar-refractivity contribution in [2.24, 2.45) is 5.73 Å². The van der Waals surface area contributed by atoms with E-state index < -0.39 is 0 Å². The SMILES string of the molecule is CCOc1cc(CN)ccc1Oc1ncncc1Br. The molecule has 0 amide bonds. The van der Waals surface area contributed by atoms with Gasteiger partial charge in [0.2, 0.25) is 5.88 Å². The number of nitrogens with zero attached hydrogens (tertiary/aromatic N) is 2. The zero-order valence-electron chi connectivity index (χ0n) is 10.5. The van der Waals surface area contributed by atoms with E-state index in [9.17, 15) is 0 Å². The lowest BCUT2D eigenvalue weighted by Crippen LogP contribution is -2.00. The number of rotatable bonds is 5. The second-order valence-corrected chi connectivity index (χ2v) is 4.55. The highest BCUT2D eigenvalue weighted by Crippen LogP contribution is 2.34. The van der Waals surface area contributed by atoms with Crippen molar-refractivity contribution < 1.29 is 9.47 Å². The minimum absolute atomic E-state index is 0.441. The van der Waals surface area contributed by atoms with E-state index in [-0.39, 0.29) is 0 Å². The third kappa shape index (κ3) is 3.42. The lowest BCUT2D eigenvalue weighted by atomic mass is 10.2. The summed E-state index contributed by atoms with van der Waals surface area (Å²) < 4.78 is 12.0. The van der Waals surface area contributed by atoms with Crippen LogP contribution in [0.2, 0.25) is 0 Å². The van der Waals surface area contributed by atoms with E-state index in [0.29, 0.717) is 35.0 Å². The molecule has 0 saturated carbocycles. The first-order valence-corrected chi connectivity index (χ1v) is 6.63. The number of aromatic nitrogens is 2. The van der Waals surface area contributed by atoms with Crippen molar-refractivity contribution in [3.8, 4) is 17.4 Å². The van der Waals surface area contributed by atoms with E-state index in [1.54, 1.807) is 6.20 Å². The maximum atomic E-state index is 5.73. The summed E-state index contributed by atoms with van der Waals surface area (Å²) in [6.07, 6.45) is 3.05. The Balaban J connectivity index is 2.31. The number of ether oxygens (including phenoxy) is 2. The third-order valence-electron chi connectivity index (χ3n) is 2.38. The van der Waals surface area contributed by atoms with Crippen LogP contribution in [-0.2, 0) is 6.54 Å². The predicted octanol–water partition coefficient (Wildman–Crippen LogP) is 2.89. The van der Waals surface area contributed by atoms with Crippen molar-refractivity contribution in [3.05, 3.63) is 40.8 Å². The van der Waals surface area contributed by atoms with Crippen molar-refractivity contribution in [1.82, 2.24) is 9.97 Å². The molecule has 0 atom stereocenters. The van der Waals surface area contributed by atoms with E-state index in [1.807, 2.05) is 25.1 Å². The number of benzene rings is 1. The summed E-state index contributed by atoms with van der Waals surface area (Å²) in [4.78, 5) is 7.94. The van der Waals surface area contributed by atoms with Gasteiger partial charge in [-0.1, -0.05) is 6.07 Å². The number of hydrogen-bond donors (Lipinski definition) is 1. The molecule has 0 aliphatic rings. The fraction of sp³-hybridized carbons (Fsp3) is 0.231. The summed E-state index contributed by atoms with van der Waals surface area (Å²) in [7, 11) is 0. The average molecular weight is 324 g/mol. The van der Waals surface area contributed by atoms with Crippen LogP contribution in [0.5, 0.6) is 17.4 Å². The molecule has 0 radical (unpaired) electrons. The van der Waals surface area contributed by atoms with Gasteiger partial charge in [-0.2, -0.15) is 0 Å². The van der Waals surface area contributed by atoms with Crippen LogP contribution in [0.3, 0.4) is 0 Å². The molecule has 2 aromatic rings. The molecule has 1 heterocycles. The molecular formula is C13H14BrN3O2. The van der Waals surface area contributed by atoms with E-state index in [2.05, 4.69) is 25.9 Å². The Bertz CT molecular complexity index is 563. The Morgan fingerprint density at radius 3 is 2.84 bits per heavy atom. The van der Waals surface area contributed by atoms with Crippen molar-refractivity contribution in [2.45, 2.75) is 13.5 Å². The summed E-state index contributed by atoms with van der Waals surface area (Å²) in [6.45, 7) is 2.92. The summed E-state index contributed by atoms with van der Waals surface area (Å²) >= 11 is 3.33. The van der Waals surface area contributed by atoms with Crippen molar-refractivity contribution in [2.75, 3.05) is 6.61 Å². The lowest BCUT2D eigenvalue weighted by Gasteiger charge is -2.12. The molecule has 2 rings (SSSR count). The molecule has 1 aromatic heterocycles. The molecule has 5 nitrogen and oxygen atoms in total. The Labute approximate surface area is 119 Å². The van der Waals surface area contributed by atoms with Crippen LogP contribution in [0.15, 0.2) is 35.2 Å². The molecule has 19 heavy (non-hydrogen) atoms. The Kier molecular flexibility index (Phi) is 4.70. The maximum Gasteiger partial charge on any atom is 0.236 e. The Morgan fingerprint density at radius 2 is 2.16 bits per heavy atom. The number of nitrogens with two attached hydrogens (primary N) is 1. The zero-order valence-corrected chi connectivity index (χ0v) is 12.1. The second-order valence-electron chi connectivity index (χ2n) is 3.70. The minimum atomic E-state index is 0.441. The average Bonchev–Trinajstić information content (AvgIpc) is 2.43. The molecule has 100 valence electrons. The first-order valence-electron chi connectivity index (χ1n) is 5.83. The van der Waals surface area contributed by atoms with Crippen LogP contribution >= 0.6 is 15.9 Å². The molecule has 0 aliphatic carbocycles. The van der Waals surface area contributed by atoms with E-state index in [1.165, 1.54) is 6.33 Å². The highest BCUT2D eigenvalue weighted by atomic mass is 79.9. The minimum Gasteiger partial charge on any atom is -0.490 e. The van der Waals surface area contributed by atoms with Gasteiger partial charge in [0.15, 0.2) is 11.5 Å². The molecule has 1 aromatic carbocycles. The lowest BCUT2D eigenvalue weighted by molar-refractivity contribution is 0.318. The molecule has 0 unspecified atom stereocenters. The van der Waals surface area contributed by atoms with E-state index >= 15 is 0 Å². The molecule has 0 fully saturated rings. The topological polar surface area (TPSA) is 70.3 Å². The second kappa shape index (κ2) is 6.49. The van der Waals surface area contributed by atoms with E-state index in [4.69, 9.17) is 15.2 Å².